The lowest BCUT2D eigenvalue weighted by Gasteiger charge is -2.28. The fraction of sp³-hybridized carbons (Fsp3) is 0.303. The Balaban J connectivity index is 1.49. The van der Waals surface area contributed by atoms with Crippen LogP contribution in [0.2, 0.25) is 0 Å². The highest BCUT2D eigenvalue weighted by atomic mass is 32.1. The number of nitrogens with zero attached hydrogens (tertiary/aromatic N) is 3. The quantitative estimate of drug-likeness (QED) is 0.240. The summed E-state index contributed by atoms with van der Waals surface area (Å²) >= 11 is 5.88. The molecule has 2 atom stereocenters. The Hall–Kier alpha value is -3.97. The average Bonchev–Trinajstić information content (AvgIpc) is 3.43. The van der Waals surface area contributed by atoms with Gasteiger partial charge in [-0.1, -0.05) is 43.3 Å². The summed E-state index contributed by atoms with van der Waals surface area (Å²) in [5, 5.41) is 7.28. The molecule has 1 amide bonds. The van der Waals surface area contributed by atoms with Crippen LogP contribution in [0.15, 0.2) is 72.9 Å². The molecule has 4 aromatic rings. The molecule has 1 aliphatic heterocycles. The molecule has 7 heteroatoms. The molecule has 1 saturated heterocycles. The van der Waals surface area contributed by atoms with Gasteiger partial charge in [0.15, 0.2) is 5.11 Å². The molecule has 2 aromatic carbocycles. The summed E-state index contributed by atoms with van der Waals surface area (Å²) in [6, 6.07) is 22.5. The largest absolute Gasteiger partial charge is 0.352 e. The summed E-state index contributed by atoms with van der Waals surface area (Å²) < 4.78 is 2.33. The molecule has 40 heavy (non-hydrogen) atoms. The van der Waals surface area contributed by atoms with Gasteiger partial charge in [-0.15, -0.1) is 0 Å². The van der Waals surface area contributed by atoms with Gasteiger partial charge in [0.05, 0.1) is 17.8 Å². The minimum atomic E-state index is -0.134. The van der Waals surface area contributed by atoms with Crippen molar-refractivity contribution in [1.29, 1.82) is 0 Å². The first kappa shape index (κ1) is 27.6. The molecule has 0 aliphatic carbocycles. The first-order valence-electron chi connectivity index (χ1n) is 13.9. The van der Waals surface area contributed by atoms with E-state index in [4.69, 9.17) is 12.2 Å². The Morgan fingerprint density at radius 2 is 1.80 bits per heavy atom. The number of nitrogens with one attached hydrogen (secondary N) is 2. The van der Waals surface area contributed by atoms with Crippen molar-refractivity contribution < 1.29 is 4.79 Å². The molecular formula is C33H37N5OS. The van der Waals surface area contributed by atoms with E-state index in [1.807, 2.05) is 48.7 Å². The van der Waals surface area contributed by atoms with E-state index in [1.165, 1.54) is 22.4 Å². The highest BCUT2D eigenvalue weighted by Crippen LogP contribution is 2.41. The fourth-order valence-electron chi connectivity index (χ4n) is 5.79. The van der Waals surface area contributed by atoms with Gasteiger partial charge in [0.2, 0.25) is 5.91 Å². The van der Waals surface area contributed by atoms with E-state index >= 15 is 0 Å². The summed E-state index contributed by atoms with van der Waals surface area (Å²) in [6.45, 7) is 11.2. The maximum atomic E-state index is 13.1. The van der Waals surface area contributed by atoms with E-state index in [-0.39, 0.29) is 18.0 Å². The Labute approximate surface area is 242 Å². The lowest BCUT2D eigenvalue weighted by molar-refractivity contribution is -0.116. The lowest BCUT2D eigenvalue weighted by atomic mass is 9.96. The summed E-state index contributed by atoms with van der Waals surface area (Å²) in [4.78, 5) is 19.9. The van der Waals surface area contributed by atoms with Gasteiger partial charge in [0, 0.05) is 41.9 Å². The van der Waals surface area contributed by atoms with Gasteiger partial charge in [-0.3, -0.25) is 9.78 Å². The highest BCUT2D eigenvalue weighted by Gasteiger charge is 2.41. The second-order valence-electron chi connectivity index (χ2n) is 10.6. The molecular weight excluding hydrogens is 514 g/mol. The number of carbonyl (C=O) groups excluding carboxylic acids is 1. The molecule has 0 unspecified atom stereocenters. The second kappa shape index (κ2) is 11.6. The van der Waals surface area contributed by atoms with Crippen LogP contribution in [0.25, 0.3) is 5.69 Å². The molecule has 1 fully saturated rings. The van der Waals surface area contributed by atoms with Crippen LogP contribution < -0.4 is 10.6 Å². The van der Waals surface area contributed by atoms with Gasteiger partial charge in [0.1, 0.15) is 0 Å². The van der Waals surface area contributed by atoms with Gasteiger partial charge in [0.25, 0.3) is 0 Å². The van der Waals surface area contributed by atoms with Crippen molar-refractivity contribution >= 4 is 28.9 Å². The van der Waals surface area contributed by atoms with Crippen LogP contribution in [-0.4, -0.2) is 32.0 Å². The molecule has 206 valence electrons. The molecule has 0 radical (unpaired) electrons. The zero-order chi connectivity index (χ0) is 28.4. The van der Waals surface area contributed by atoms with Crippen LogP contribution in [-0.2, 0) is 11.2 Å². The van der Waals surface area contributed by atoms with Crippen LogP contribution in [0.1, 0.15) is 64.8 Å². The number of para-hydroxylation sites is 1. The number of hydrogen-bond donors (Lipinski definition) is 2. The van der Waals surface area contributed by atoms with Crippen molar-refractivity contribution in [2.75, 3.05) is 11.9 Å². The van der Waals surface area contributed by atoms with Crippen molar-refractivity contribution in [1.82, 2.24) is 19.8 Å². The van der Waals surface area contributed by atoms with Crippen molar-refractivity contribution in [2.24, 2.45) is 0 Å². The molecule has 3 heterocycles. The summed E-state index contributed by atoms with van der Waals surface area (Å²) in [7, 11) is 0. The summed E-state index contributed by atoms with van der Waals surface area (Å²) in [5.74, 6) is -0.0235. The Morgan fingerprint density at radius 3 is 2.55 bits per heavy atom. The number of benzene rings is 2. The number of rotatable bonds is 8. The molecule has 2 aromatic heterocycles. The predicted octanol–water partition coefficient (Wildman–Crippen LogP) is 6.67. The topological polar surface area (TPSA) is 62.2 Å². The molecule has 2 N–H and O–H groups in total. The number of hydrogen-bond acceptors (Lipinski definition) is 3. The van der Waals surface area contributed by atoms with Gasteiger partial charge >= 0.3 is 0 Å². The predicted molar refractivity (Wildman–Crippen MR) is 166 cm³/mol. The van der Waals surface area contributed by atoms with E-state index in [0.29, 0.717) is 18.1 Å². The Bertz CT molecular complexity index is 1540. The van der Waals surface area contributed by atoms with Crippen LogP contribution in [0.3, 0.4) is 0 Å². The number of amides is 1. The van der Waals surface area contributed by atoms with Crippen LogP contribution in [0.5, 0.6) is 0 Å². The number of anilines is 1. The normalized spacial score (nSPS) is 16.7. The molecule has 6 nitrogen and oxygen atoms in total. The Morgan fingerprint density at radius 1 is 1.02 bits per heavy atom. The monoisotopic (exact) mass is 551 g/mol. The molecule has 5 rings (SSSR count). The van der Waals surface area contributed by atoms with Gasteiger partial charge < -0.3 is 20.1 Å². The first-order valence-corrected chi connectivity index (χ1v) is 14.3. The van der Waals surface area contributed by atoms with Crippen LogP contribution >= 0.6 is 12.2 Å². The van der Waals surface area contributed by atoms with E-state index in [9.17, 15) is 4.79 Å². The SMILES string of the molecule is CCc1ccccc1NC(=O)CCN1C(=S)N[C@H](c2ccccn2)[C@H]1c1cc(C)n(-c2cc(C)ccc2C)c1C. The van der Waals surface area contributed by atoms with Crippen molar-refractivity contribution in [3.05, 3.63) is 112 Å². The third-order valence-corrected chi connectivity index (χ3v) is 8.20. The molecule has 0 spiro atoms. The number of thiocarbonyl (C=S) groups is 1. The van der Waals surface area contributed by atoms with E-state index < -0.39 is 0 Å². The minimum absolute atomic E-state index is 0.0235. The van der Waals surface area contributed by atoms with Crippen molar-refractivity contribution in [3.63, 3.8) is 0 Å². The Kier molecular flexibility index (Phi) is 8.03. The van der Waals surface area contributed by atoms with Crippen LogP contribution in [0.4, 0.5) is 5.69 Å². The summed E-state index contributed by atoms with van der Waals surface area (Å²) in [6.07, 6.45) is 3.00. The smallest absolute Gasteiger partial charge is 0.226 e. The summed E-state index contributed by atoms with van der Waals surface area (Å²) in [5.41, 5.74) is 10.1. The minimum Gasteiger partial charge on any atom is -0.352 e. The van der Waals surface area contributed by atoms with Crippen LogP contribution in [0, 0.1) is 27.7 Å². The zero-order valence-electron chi connectivity index (χ0n) is 23.9. The maximum absolute atomic E-state index is 13.1. The fourth-order valence-corrected chi connectivity index (χ4v) is 6.12. The van der Waals surface area contributed by atoms with E-state index in [1.54, 1.807) is 0 Å². The number of carbonyl (C=O) groups is 1. The number of aryl methyl sites for hydroxylation is 4. The van der Waals surface area contributed by atoms with E-state index in [2.05, 4.69) is 84.0 Å². The number of aromatic nitrogens is 2. The van der Waals surface area contributed by atoms with Gasteiger partial charge in [-0.05, 0) is 98.9 Å². The third-order valence-electron chi connectivity index (χ3n) is 7.84. The average molecular weight is 552 g/mol. The second-order valence-corrected chi connectivity index (χ2v) is 11.0. The number of pyridine rings is 1. The zero-order valence-corrected chi connectivity index (χ0v) is 24.7. The molecule has 1 aliphatic rings. The third kappa shape index (κ3) is 5.39. The van der Waals surface area contributed by atoms with Crippen molar-refractivity contribution in [2.45, 2.75) is 59.5 Å². The first-order chi connectivity index (χ1) is 19.3. The van der Waals surface area contributed by atoms with Crippen molar-refractivity contribution in [3.8, 4) is 5.69 Å². The molecule has 0 bridgehead atoms. The molecule has 0 saturated carbocycles. The standard InChI is InChI=1S/C33H37N5OS/c1-6-25-11-7-8-12-27(25)35-30(39)16-18-37-32(31(36-33(37)40)28-13-9-10-17-34-28)26-20-23(4)38(24(26)5)29-19-21(2)14-15-22(29)3/h7-15,17,19-20,31-32H,6,16,18H2,1-5H3,(H,35,39)(H,36,40)/t31-,32-/m1/s1. The van der Waals surface area contributed by atoms with Gasteiger partial charge in [-0.25, -0.2) is 0 Å². The van der Waals surface area contributed by atoms with E-state index in [0.717, 1.165) is 34.8 Å². The highest BCUT2D eigenvalue weighted by molar-refractivity contribution is 7.80. The van der Waals surface area contributed by atoms with Gasteiger partial charge in [-0.2, -0.15) is 0 Å². The maximum Gasteiger partial charge on any atom is 0.226 e. The lowest BCUT2D eigenvalue weighted by Crippen LogP contribution is -2.33.